The number of aromatic nitrogens is 2. The van der Waals surface area contributed by atoms with Gasteiger partial charge in [0.2, 0.25) is 0 Å². The number of nitrogens with zero attached hydrogens (tertiary/aromatic N) is 2. The molecule has 0 aromatic carbocycles. The average molecular weight is 191 g/mol. The fourth-order valence-corrected chi connectivity index (χ4v) is 0.867. The molecule has 2 N–H and O–H groups in total. The van der Waals surface area contributed by atoms with Gasteiger partial charge in [-0.25, -0.2) is 8.78 Å². The van der Waals surface area contributed by atoms with Crippen LogP contribution in [0.25, 0.3) is 0 Å². The number of hydrogen-bond donors (Lipinski definition) is 1. The van der Waals surface area contributed by atoms with Crippen molar-refractivity contribution < 1.29 is 13.5 Å². The predicted molar refractivity (Wildman–Crippen MR) is 43.3 cm³/mol. The molecule has 4 nitrogen and oxygen atoms in total. The first kappa shape index (κ1) is 9.91. The molecule has 0 spiro atoms. The van der Waals surface area contributed by atoms with Crippen molar-refractivity contribution >= 4 is 5.82 Å². The number of nitrogens with two attached hydrogens (primary N) is 1. The molecule has 0 aliphatic heterocycles. The summed E-state index contributed by atoms with van der Waals surface area (Å²) in [6.45, 7) is -0.508. The molecule has 1 aromatic heterocycles. The maximum atomic E-state index is 11.6. The van der Waals surface area contributed by atoms with E-state index in [0.29, 0.717) is 11.5 Å². The summed E-state index contributed by atoms with van der Waals surface area (Å²) in [6.07, 6.45) is -2.44. The Morgan fingerprint density at radius 3 is 2.85 bits per heavy atom. The van der Waals surface area contributed by atoms with Gasteiger partial charge in [0.1, 0.15) is 12.4 Å². The van der Waals surface area contributed by atoms with Crippen LogP contribution in [0.15, 0.2) is 6.07 Å². The van der Waals surface area contributed by atoms with Gasteiger partial charge in [-0.2, -0.15) is 5.10 Å². The molecule has 0 unspecified atom stereocenters. The molecule has 0 aliphatic rings. The van der Waals surface area contributed by atoms with E-state index in [1.54, 1.807) is 13.1 Å². The smallest absolute Gasteiger partial charge is 0.261 e. The fourth-order valence-electron chi connectivity index (χ4n) is 0.867. The standard InChI is InChI=1S/C7H11F2N3O/c1-12-7(10)2-5(11-12)3-13-4-6(8)9/h2,6H,3-4,10H2,1H3. The van der Waals surface area contributed by atoms with Crippen molar-refractivity contribution in [3.05, 3.63) is 11.8 Å². The number of alkyl halides is 2. The van der Waals surface area contributed by atoms with E-state index in [1.807, 2.05) is 0 Å². The largest absolute Gasteiger partial charge is 0.384 e. The summed E-state index contributed by atoms with van der Waals surface area (Å²) in [5.41, 5.74) is 6.03. The molecule has 0 radical (unpaired) electrons. The first-order valence-electron chi connectivity index (χ1n) is 3.74. The minimum absolute atomic E-state index is 0.0649. The molecule has 6 heteroatoms. The normalized spacial score (nSPS) is 11.1. The minimum atomic E-state index is -2.44. The fraction of sp³-hybridized carbons (Fsp3) is 0.571. The molecule has 0 bridgehead atoms. The van der Waals surface area contributed by atoms with Crippen LogP contribution in [0.4, 0.5) is 14.6 Å². The Kier molecular flexibility index (Phi) is 3.18. The molecule has 0 amide bonds. The summed E-state index contributed by atoms with van der Waals surface area (Å²) in [5.74, 6) is 0.482. The first-order valence-corrected chi connectivity index (χ1v) is 3.74. The van der Waals surface area contributed by atoms with E-state index in [0.717, 1.165) is 0 Å². The Bertz CT molecular complexity index is 255. The lowest BCUT2D eigenvalue weighted by Crippen LogP contribution is -2.04. The van der Waals surface area contributed by atoms with Crippen molar-refractivity contribution in [1.29, 1.82) is 0 Å². The average Bonchev–Trinajstić information content (AvgIpc) is 2.30. The van der Waals surface area contributed by atoms with Crippen LogP contribution in [0.5, 0.6) is 0 Å². The molecule has 74 valence electrons. The predicted octanol–water partition coefficient (Wildman–Crippen LogP) is 0.784. The van der Waals surface area contributed by atoms with E-state index in [4.69, 9.17) is 5.73 Å². The van der Waals surface area contributed by atoms with Gasteiger partial charge >= 0.3 is 0 Å². The van der Waals surface area contributed by atoms with Crippen molar-refractivity contribution in [1.82, 2.24) is 9.78 Å². The van der Waals surface area contributed by atoms with Crippen LogP contribution in [0.3, 0.4) is 0 Å². The van der Waals surface area contributed by atoms with Gasteiger partial charge in [-0.15, -0.1) is 0 Å². The third kappa shape index (κ3) is 2.98. The van der Waals surface area contributed by atoms with E-state index in [-0.39, 0.29) is 6.61 Å². The van der Waals surface area contributed by atoms with Gasteiger partial charge in [0, 0.05) is 13.1 Å². The highest BCUT2D eigenvalue weighted by molar-refractivity contribution is 5.29. The summed E-state index contributed by atoms with van der Waals surface area (Å²) < 4.78 is 29.4. The second-order valence-corrected chi connectivity index (χ2v) is 2.59. The highest BCUT2D eigenvalue weighted by atomic mass is 19.3. The van der Waals surface area contributed by atoms with E-state index in [2.05, 4.69) is 9.84 Å². The topological polar surface area (TPSA) is 53.1 Å². The highest BCUT2D eigenvalue weighted by Crippen LogP contribution is 2.06. The Hall–Kier alpha value is -1.17. The number of hydrogen-bond acceptors (Lipinski definition) is 3. The zero-order valence-corrected chi connectivity index (χ0v) is 7.20. The number of rotatable bonds is 4. The summed E-state index contributed by atoms with van der Waals surface area (Å²) >= 11 is 0. The molecule has 0 aliphatic carbocycles. The minimum Gasteiger partial charge on any atom is -0.384 e. The van der Waals surface area contributed by atoms with Gasteiger partial charge in [-0.3, -0.25) is 4.68 Å². The van der Waals surface area contributed by atoms with Gasteiger partial charge in [-0.1, -0.05) is 0 Å². The summed E-state index contributed by atoms with van der Waals surface area (Å²) in [7, 11) is 1.67. The van der Waals surface area contributed by atoms with Crippen molar-refractivity contribution in [2.24, 2.45) is 7.05 Å². The van der Waals surface area contributed by atoms with Gasteiger partial charge in [0.25, 0.3) is 6.43 Å². The van der Waals surface area contributed by atoms with E-state index >= 15 is 0 Å². The van der Waals surface area contributed by atoms with Crippen LogP contribution < -0.4 is 5.73 Å². The zero-order valence-electron chi connectivity index (χ0n) is 7.20. The van der Waals surface area contributed by atoms with Crippen LogP contribution >= 0.6 is 0 Å². The molecule has 1 aromatic rings. The molecule has 1 rings (SSSR count). The lowest BCUT2D eigenvalue weighted by atomic mass is 10.4. The lowest BCUT2D eigenvalue weighted by Gasteiger charge is -1.99. The Morgan fingerprint density at radius 2 is 2.38 bits per heavy atom. The maximum absolute atomic E-state index is 11.6. The third-order valence-corrected chi connectivity index (χ3v) is 1.46. The number of nitrogen functional groups attached to an aromatic ring is 1. The summed E-state index contributed by atoms with van der Waals surface area (Å²) in [6, 6.07) is 1.59. The monoisotopic (exact) mass is 191 g/mol. The van der Waals surface area contributed by atoms with Crippen LogP contribution in [-0.2, 0) is 18.4 Å². The first-order chi connectivity index (χ1) is 6.09. The van der Waals surface area contributed by atoms with Gasteiger partial charge in [0.15, 0.2) is 0 Å². The molecular formula is C7H11F2N3O. The maximum Gasteiger partial charge on any atom is 0.261 e. The van der Waals surface area contributed by atoms with E-state index in [9.17, 15) is 8.78 Å². The SMILES string of the molecule is Cn1nc(COCC(F)F)cc1N. The van der Waals surface area contributed by atoms with Crippen LogP contribution in [0.2, 0.25) is 0 Å². The van der Waals surface area contributed by atoms with Crippen molar-refractivity contribution in [2.75, 3.05) is 12.3 Å². The lowest BCUT2D eigenvalue weighted by molar-refractivity contribution is 0.00871. The van der Waals surface area contributed by atoms with Gasteiger partial charge in [0.05, 0.1) is 12.3 Å². The summed E-state index contributed by atoms with van der Waals surface area (Å²) in [4.78, 5) is 0. The van der Waals surface area contributed by atoms with Crippen molar-refractivity contribution in [3.8, 4) is 0 Å². The second-order valence-electron chi connectivity index (χ2n) is 2.59. The molecule has 13 heavy (non-hydrogen) atoms. The second kappa shape index (κ2) is 4.18. The molecule has 0 fully saturated rings. The van der Waals surface area contributed by atoms with E-state index in [1.165, 1.54) is 4.68 Å². The Balaban J connectivity index is 2.37. The Labute approximate surface area is 74.3 Å². The number of halogens is 2. The van der Waals surface area contributed by atoms with Crippen molar-refractivity contribution in [3.63, 3.8) is 0 Å². The van der Waals surface area contributed by atoms with Gasteiger partial charge < -0.3 is 10.5 Å². The molecule has 0 atom stereocenters. The van der Waals surface area contributed by atoms with Crippen molar-refractivity contribution in [2.45, 2.75) is 13.0 Å². The van der Waals surface area contributed by atoms with E-state index < -0.39 is 13.0 Å². The van der Waals surface area contributed by atoms with Gasteiger partial charge in [-0.05, 0) is 0 Å². The van der Waals surface area contributed by atoms with Crippen LogP contribution in [0, 0.1) is 0 Å². The van der Waals surface area contributed by atoms with Crippen LogP contribution in [-0.4, -0.2) is 22.8 Å². The quantitative estimate of drug-likeness (QED) is 0.765. The molecule has 1 heterocycles. The third-order valence-electron chi connectivity index (χ3n) is 1.46. The summed E-state index contributed by atoms with van der Waals surface area (Å²) in [5, 5.41) is 3.93. The molecule has 0 saturated heterocycles. The Morgan fingerprint density at radius 1 is 1.69 bits per heavy atom. The zero-order chi connectivity index (χ0) is 9.84. The highest BCUT2D eigenvalue weighted by Gasteiger charge is 2.05. The number of ether oxygens (including phenoxy) is 1. The molecule has 0 saturated carbocycles. The molecular weight excluding hydrogens is 180 g/mol. The number of anilines is 1. The van der Waals surface area contributed by atoms with Crippen LogP contribution in [0.1, 0.15) is 5.69 Å². The number of aryl methyl sites for hydroxylation is 1.